The van der Waals surface area contributed by atoms with Crippen molar-refractivity contribution >= 4 is 5.91 Å². The van der Waals surface area contributed by atoms with E-state index in [0.29, 0.717) is 5.92 Å². The van der Waals surface area contributed by atoms with Crippen LogP contribution in [0.1, 0.15) is 20.3 Å². The molecular weight excluding hydrogens is 202 g/mol. The van der Waals surface area contributed by atoms with Crippen LogP contribution >= 0.6 is 0 Å². The monoisotopic (exact) mass is 227 g/mol. The maximum Gasteiger partial charge on any atom is 0.224 e. The zero-order valence-electron chi connectivity index (χ0n) is 10.9. The lowest BCUT2D eigenvalue weighted by atomic mass is 9.91. The van der Waals surface area contributed by atoms with Crippen LogP contribution in [0.5, 0.6) is 0 Å². The lowest BCUT2D eigenvalue weighted by Gasteiger charge is -2.28. The largest absolute Gasteiger partial charge is 0.352 e. The summed E-state index contributed by atoms with van der Waals surface area (Å²) in [6.07, 6.45) is 1.01. The SMILES string of the molecule is CC1CNCC(C(=O)NC(C)CN(C)C)C1. The third kappa shape index (κ3) is 4.49. The Morgan fingerprint density at radius 1 is 1.50 bits per heavy atom. The predicted molar refractivity (Wildman–Crippen MR) is 66.3 cm³/mol. The highest BCUT2D eigenvalue weighted by Gasteiger charge is 2.25. The van der Waals surface area contributed by atoms with Gasteiger partial charge >= 0.3 is 0 Å². The first-order valence-electron chi connectivity index (χ1n) is 6.15. The van der Waals surface area contributed by atoms with E-state index in [1.54, 1.807) is 0 Å². The van der Waals surface area contributed by atoms with Crippen molar-refractivity contribution in [2.45, 2.75) is 26.3 Å². The van der Waals surface area contributed by atoms with Gasteiger partial charge in [-0.3, -0.25) is 4.79 Å². The number of carbonyl (C=O) groups excluding carboxylic acids is 1. The molecule has 1 saturated heterocycles. The van der Waals surface area contributed by atoms with E-state index in [0.717, 1.165) is 26.1 Å². The van der Waals surface area contributed by atoms with E-state index in [2.05, 4.69) is 29.4 Å². The van der Waals surface area contributed by atoms with E-state index >= 15 is 0 Å². The summed E-state index contributed by atoms with van der Waals surface area (Å²) in [7, 11) is 4.04. The molecule has 0 aromatic heterocycles. The Hall–Kier alpha value is -0.610. The number of nitrogens with zero attached hydrogens (tertiary/aromatic N) is 1. The zero-order chi connectivity index (χ0) is 12.1. The fraction of sp³-hybridized carbons (Fsp3) is 0.917. The van der Waals surface area contributed by atoms with Crippen molar-refractivity contribution in [1.29, 1.82) is 0 Å². The minimum Gasteiger partial charge on any atom is -0.352 e. The highest BCUT2D eigenvalue weighted by atomic mass is 16.2. The average Bonchev–Trinajstić information content (AvgIpc) is 2.16. The molecule has 1 fully saturated rings. The van der Waals surface area contributed by atoms with E-state index in [9.17, 15) is 4.79 Å². The Bertz CT molecular complexity index is 230. The molecule has 1 rings (SSSR count). The number of hydrogen-bond acceptors (Lipinski definition) is 3. The van der Waals surface area contributed by atoms with Gasteiger partial charge in [0.2, 0.25) is 5.91 Å². The Balaban J connectivity index is 2.33. The molecule has 0 saturated carbocycles. The van der Waals surface area contributed by atoms with Crippen molar-refractivity contribution in [3.63, 3.8) is 0 Å². The number of likely N-dealkylation sites (N-methyl/N-ethyl adjacent to an activating group) is 1. The summed E-state index contributed by atoms with van der Waals surface area (Å²) in [5.74, 6) is 0.954. The Morgan fingerprint density at radius 3 is 2.75 bits per heavy atom. The van der Waals surface area contributed by atoms with Gasteiger partial charge in [0.05, 0.1) is 5.92 Å². The minimum absolute atomic E-state index is 0.147. The van der Waals surface area contributed by atoms with Crippen LogP contribution in [0.2, 0.25) is 0 Å². The molecule has 1 heterocycles. The van der Waals surface area contributed by atoms with E-state index in [4.69, 9.17) is 0 Å². The average molecular weight is 227 g/mol. The number of piperidine rings is 1. The molecule has 94 valence electrons. The van der Waals surface area contributed by atoms with Gasteiger partial charge in [0.15, 0.2) is 0 Å². The molecule has 3 atom stereocenters. The smallest absolute Gasteiger partial charge is 0.224 e. The first-order valence-corrected chi connectivity index (χ1v) is 6.15. The second-order valence-corrected chi connectivity index (χ2v) is 5.37. The molecule has 3 unspecified atom stereocenters. The number of hydrogen-bond donors (Lipinski definition) is 2. The standard InChI is InChI=1S/C12H25N3O/c1-9-5-11(7-13-6-9)12(16)14-10(2)8-15(3)4/h9-11,13H,5-8H2,1-4H3,(H,14,16). The maximum absolute atomic E-state index is 12.0. The van der Waals surface area contributed by atoms with Crippen molar-refractivity contribution in [3.05, 3.63) is 0 Å². The number of nitrogens with one attached hydrogen (secondary N) is 2. The molecule has 16 heavy (non-hydrogen) atoms. The van der Waals surface area contributed by atoms with Crippen molar-refractivity contribution in [2.75, 3.05) is 33.7 Å². The van der Waals surface area contributed by atoms with Crippen LogP contribution in [-0.4, -0.2) is 50.6 Å². The molecule has 0 radical (unpaired) electrons. The molecule has 0 aromatic rings. The quantitative estimate of drug-likeness (QED) is 0.726. The summed E-state index contributed by atoms with van der Waals surface area (Å²) in [6, 6.07) is 0.222. The van der Waals surface area contributed by atoms with Crippen LogP contribution in [0, 0.1) is 11.8 Å². The van der Waals surface area contributed by atoms with Gasteiger partial charge in [0.1, 0.15) is 0 Å². The second kappa shape index (κ2) is 6.21. The van der Waals surface area contributed by atoms with Gasteiger partial charge in [-0.25, -0.2) is 0 Å². The first-order chi connectivity index (χ1) is 7.49. The molecule has 2 N–H and O–H groups in total. The van der Waals surface area contributed by atoms with Crippen molar-refractivity contribution in [2.24, 2.45) is 11.8 Å². The summed E-state index contributed by atoms with van der Waals surface area (Å²) in [5, 5.41) is 6.39. The van der Waals surface area contributed by atoms with Crippen LogP contribution in [-0.2, 0) is 4.79 Å². The molecule has 1 aliphatic rings. The molecule has 0 spiro atoms. The molecule has 0 aromatic carbocycles. The summed E-state index contributed by atoms with van der Waals surface area (Å²) in [5.41, 5.74) is 0. The minimum atomic E-state index is 0.147. The molecule has 0 bridgehead atoms. The molecule has 4 heteroatoms. The van der Waals surface area contributed by atoms with E-state index in [-0.39, 0.29) is 17.9 Å². The summed E-state index contributed by atoms with van der Waals surface area (Å²) in [4.78, 5) is 14.1. The Labute approximate surface area is 98.8 Å². The van der Waals surface area contributed by atoms with E-state index in [1.807, 2.05) is 14.1 Å². The second-order valence-electron chi connectivity index (χ2n) is 5.37. The van der Waals surface area contributed by atoms with Gasteiger partial charge in [-0.2, -0.15) is 0 Å². The molecule has 1 amide bonds. The van der Waals surface area contributed by atoms with Crippen LogP contribution in [0.3, 0.4) is 0 Å². The van der Waals surface area contributed by atoms with Crippen molar-refractivity contribution < 1.29 is 4.79 Å². The summed E-state index contributed by atoms with van der Waals surface area (Å²) in [6.45, 7) is 7.00. The zero-order valence-corrected chi connectivity index (χ0v) is 10.9. The van der Waals surface area contributed by atoms with Gasteiger partial charge in [-0.15, -0.1) is 0 Å². The van der Waals surface area contributed by atoms with E-state index in [1.165, 1.54) is 0 Å². The third-order valence-electron chi connectivity index (χ3n) is 2.97. The number of rotatable bonds is 4. The molecular formula is C12H25N3O. The third-order valence-corrected chi connectivity index (χ3v) is 2.97. The molecule has 4 nitrogen and oxygen atoms in total. The number of carbonyl (C=O) groups is 1. The van der Waals surface area contributed by atoms with Gasteiger partial charge in [-0.05, 0) is 39.9 Å². The predicted octanol–water partition coefficient (Wildman–Crippen LogP) is 0.298. The number of amides is 1. The van der Waals surface area contributed by atoms with Crippen molar-refractivity contribution in [1.82, 2.24) is 15.5 Å². The van der Waals surface area contributed by atoms with E-state index < -0.39 is 0 Å². The van der Waals surface area contributed by atoms with Crippen LogP contribution in [0.4, 0.5) is 0 Å². The summed E-state index contributed by atoms with van der Waals surface area (Å²) < 4.78 is 0. The maximum atomic E-state index is 12.0. The fourth-order valence-corrected chi connectivity index (χ4v) is 2.31. The summed E-state index contributed by atoms with van der Waals surface area (Å²) >= 11 is 0. The molecule has 1 aliphatic heterocycles. The highest BCUT2D eigenvalue weighted by molar-refractivity contribution is 5.79. The van der Waals surface area contributed by atoms with Gasteiger partial charge in [0.25, 0.3) is 0 Å². The van der Waals surface area contributed by atoms with Crippen LogP contribution in [0.15, 0.2) is 0 Å². The van der Waals surface area contributed by atoms with Gasteiger partial charge in [0, 0.05) is 19.1 Å². The normalized spacial score (nSPS) is 27.8. The lowest BCUT2D eigenvalue weighted by Crippen LogP contribution is -2.47. The highest BCUT2D eigenvalue weighted by Crippen LogP contribution is 2.15. The van der Waals surface area contributed by atoms with Crippen LogP contribution in [0.25, 0.3) is 0 Å². The molecule has 0 aliphatic carbocycles. The van der Waals surface area contributed by atoms with Gasteiger partial charge < -0.3 is 15.5 Å². The van der Waals surface area contributed by atoms with Crippen molar-refractivity contribution in [3.8, 4) is 0 Å². The Kier molecular flexibility index (Phi) is 5.22. The fourth-order valence-electron chi connectivity index (χ4n) is 2.31. The topological polar surface area (TPSA) is 44.4 Å². The lowest BCUT2D eigenvalue weighted by molar-refractivity contribution is -0.126. The Morgan fingerprint density at radius 2 is 2.19 bits per heavy atom. The van der Waals surface area contributed by atoms with Crippen LogP contribution < -0.4 is 10.6 Å². The first kappa shape index (κ1) is 13.5. The van der Waals surface area contributed by atoms with Gasteiger partial charge in [-0.1, -0.05) is 6.92 Å².